The van der Waals surface area contributed by atoms with Crippen LogP contribution in [0, 0.1) is 11.3 Å². The van der Waals surface area contributed by atoms with Crippen molar-refractivity contribution >= 4 is 62.4 Å². The Bertz CT molecular complexity index is 2110. The lowest BCUT2D eigenvalue weighted by atomic mass is 10.0. The van der Waals surface area contributed by atoms with E-state index >= 15 is 0 Å². The van der Waals surface area contributed by atoms with E-state index in [0.717, 1.165) is 27.4 Å². The SMILES string of the molecule is C[C@H]1CN(c2nc(Cl)nc3nc(-c4cccc5cccc(Cl)c45)n4nccc4c23)C[C@H](CC#N)N1C(=O)OCc1ccccc1. The van der Waals surface area contributed by atoms with Gasteiger partial charge in [0, 0.05) is 29.1 Å². The summed E-state index contributed by atoms with van der Waals surface area (Å²) in [5.41, 5.74) is 2.82. The average molecular weight is 638 g/mol. The normalized spacial score (nSPS) is 16.8. The van der Waals surface area contributed by atoms with Gasteiger partial charge in [0.2, 0.25) is 5.28 Å². The van der Waals surface area contributed by atoms with Crippen LogP contribution in [0.2, 0.25) is 10.3 Å². The second-order valence-electron chi connectivity index (χ2n) is 10.9. The molecule has 0 bridgehead atoms. The highest BCUT2D eigenvalue weighted by Crippen LogP contribution is 2.37. The zero-order chi connectivity index (χ0) is 31.1. The van der Waals surface area contributed by atoms with Gasteiger partial charge < -0.3 is 9.64 Å². The van der Waals surface area contributed by atoms with Gasteiger partial charge in [-0.2, -0.15) is 20.3 Å². The Hall–Kier alpha value is -4.98. The molecule has 6 aromatic rings. The van der Waals surface area contributed by atoms with Crippen LogP contribution in [0.3, 0.4) is 0 Å². The summed E-state index contributed by atoms with van der Waals surface area (Å²) in [6.07, 6.45) is 1.35. The van der Waals surface area contributed by atoms with Gasteiger partial charge in [-0.15, -0.1) is 0 Å². The first-order valence-corrected chi connectivity index (χ1v) is 15.2. The van der Waals surface area contributed by atoms with Gasteiger partial charge in [-0.05, 0) is 41.6 Å². The van der Waals surface area contributed by atoms with Crippen LogP contribution in [-0.2, 0) is 11.3 Å². The van der Waals surface area contributed by atoms with Crippen molar-refractivity contribution in [2.75, 3.05) is 18.0 Å². The summed E-state index contributed by atoms with van der Waals surface area (Å²) < 4.78 is 7.43. The Morgan fingerprint density at radius 2 is 1.78 bits per heavy atom. The quantitative estimate of drug-likeness (QED) is 0.187. The third-order valence-electron chi connectivity index (χ3n) is 8.08. The molecule has 3 aromatic heterocycles. The van der Waals surface area contributed by atoms with Crippen LogP contribution in [0.5, 0.6) is 0 Å². The van der Waals surface area contributed by atoms with Crippen LogP contribution in [-0.4, -0.2) is 60.7 Å². The Morgan fingerprint density at radius 3 is 2.58 bits per heavy atom. The van der Waals surface area contributed by atoms with Crippen molar-refractivity contribution in [3.8, 4) is 17.5 Å². The van der Waals surface area contributed by atoms with E-state index in [0.29, 0.717) is 40.8 Å². The molecule has 7 rings (SSSR count). The van der Waals surface area contributed by atoms with Crippen LogP contribution in [0.4, 0.5) is 10.6 Å². The summed E-state index contributed by atoms with van der Waals surface area (Å²) in [5, 5.41) is 17.5. The molecule has 2 atom stereocenters. The number of anilines is 1. The fourth-order valence-corrected chi connectivity index (χ4v) is 6.61. The number of rotatable bonds is 5. The summed E-state index contributed by atoms with van der Waals surface area (Å²) >= 11 is 13.2. The van der Waals surface area contributed by atoms with E-state index < -0.39 is 12.1 Å². The Balaban J connectivity index is 1.29. The molecule has 0 N–H and O–H groups in total. The summed E-state index contributed by atoms with van der Waals surface area (Å²) in [6, 6.07) is 24.5. The zero-order valence-electron chi connectivity index (χ0n) is 24.1. The van der Waals surface area contributed by atoms with Gasteiger partial charge in [0.25, 0.3) is 0 Å². The summed E-state index contributed by atoms with van der Waals surface area (Å²) in [4.78, 5) is 31.1. The van der Waals surface area contributed by atoms with Crippen LogP contribution in [0.1, 0.15) is 18.9 Å². The van der Waals surface area contributed by atoms with E-state index in [4.69, 9.17) is 32.9 Å². The van der Waals surface area contributed by atoms with Crippen molar-refractivity contribution in [2.24, 2.45) is 0 Å². The van der Waals surface area contributed by atoms with Crippen molar-refractivity contribution in [3.63, 3.8) is 0 Å². The number of carbonyl (C=O) groups excluding carboxylic acids is 1. The topological polar surface area (TPSA) is 113 Å². The maximum absolute atomic E-state index is 13.3. The van der Waals surface area contributed by atoms with Crippen LogP contribution >= 0.6 is 23.2 Å². The second-order valence-corrected chi connectivity index (χ2v) is 11.7. The molecule has 4 heterocycles. The van der Waals surface area contributed by atoms with E-state index in [1.807, 2.05) is 84.6 Å². The van der Waals surface area contributed by atoms with E-state index in [2.05, 4.69) is 21.1 Å². The molecular formula is C33H26Cl2N8O2. The fourth-order valence-electron chi connectivity index (χ4n) is 6.16. The van der Waals surface area contributed by atoms with Gasteiger partial charge >= 0.3 is 6.09 Å². The molecule has 0 aliphatic carbocycles. The molecule has 0 spiro atoms. The molecule has 0 unspecified atom stereocenters. The minimum absolute atomic E-state index is 0.0324. The number of aromatic nitrogens is 5. The van der Waals surface area contributed by atoms with Gasteiger partial charge in [0.15, 0.2) is 11.5 Å². The first-order valence-electron chi connectivity index (χ1n) is 14.4. The predicted molar refractivity (Wildman–Crippen MR) is 173 cm³/mol. The number of nitriles is 1. The highest BCUT2D eigenvalue weighted by atomic mass is 35.5. The average Bonchev–Trinajstić information content (AvgIpc) is 3.53. The lowest BCUT2D eigenvalue weighted by Crippen LogP contribution is -2.60. The minimum Gasteiger partial charge on any atom is -0.445 e. The molecule has 1 aliphatic rings. The zero-order valence-corrected chi connectivity index (χ0v) is 25.7. The Kier molecular flexibility index (Phi) is 7.57. The number of benzene rings is 3. The fraction of sp³-hybridized carbons (Fsp3) is 0.212. The maximum Gasteiger partial charge on any atom is 0.410 e. The summed E-state index contributed by atoms with van der Waals surface area (Å²) in [5.74, 6) is 1.11. The maximum atomic E-state index is 13.3. The Morgan fingerprint density at radius 1 is 0.978 bits per heavy atom. The molecule has 0 radical (unpaired) electrons. The number of piperazine rings is 1. The van der Waals surface area contributed by atoms with Gasteiger partial charge in [0.05, 0.1) is 41.7 Å². The Labute approximate surface area is 268 Å². The lowest BCUT2D eigenvalue weighted by Gasteiger charge is -2.44. The molecule has 224 valence electrons. The second kappa shape index (κ2) is 11.8. The molecule has 1 saturated heterocycles. The molecule has 1 fully saturated rings. The number of nitrogens with zero attached hydrogens (tertiary/aromatic N) is 8. The van der Waals surface area contributed by atoms with Crippen LogP contribution in [0.15, 0.2) is 79.0 Å². The molecular weight excluding hydrogens is 611 g/mol. The van der Waals surface area contributed by atoms with Gasteiger partial charge in [0.1, 0.15) is 12.4 Å². The standard InChI is InChI=1S/C33H26Cl2N8O2/c1-20-17-41(18-23(13-15-36)42(20)33(44)45-19-21-7-3-2-4-8-21)31-28-26-14-16-37-43(26)30(38-29(28)39-32(35)40-31)24-11-5-9-22-10-6-12-25(34)27(22)24/h2-12,14,16,20,23H,13,17-19H2,1H3/t20-,23-/m0/s1. The highest BCUT2D eigenvalue weighted by molar-refractivity contribution is 6.36. The molecule has 45 heavy (non-hydrogen) atoms. The monoisotopic (exact) mass is 636 g/mol. The van der Waals surface area contributed by atoms with E-state index in [9.17, 15) is 10.1 Å². The van der Waals surface area contributed by atoms with Gasteiger partial charge in [-0.1, -0.05) is 72.3 Å². The molecule has 12 heteroatoms. The molecule has 0 saturated carbocycles. The number of halogens is 2. The van der Waals surface area contributed by atoms with Gasteiger partial charge in [-0.3, -0.25) is 4.90 Å². The summed E-state index contributed by atoms with van der Waals surface area (Å²) in [7, 11) is 0. The number of ether oxygens (including phenoxy) is 1. The largest absolute Gasteiger partial charge is 0.445 e. The van der Waals surface area contributed by atoms with Crippen LogP contribution in [0.25, 0.3) is 38.7 Å². The third-order valence-corrected chi connectivity index (χ3v) is 8.56. The smallest absolute Gasteiger partial charge is 0.410 e. The number of fused-ring (bicyclic) bond motifs is 4. The predicted octanol–water partition coefficient (Wildman–Crippen LogP) is 6.93. The van der Waals surface area contributed by atoms with Crippen molar-refractivity contribution in [1.29, 1.82) is 5.26 Å². The molecule has 10 nitrogen and oxygen atoms in total. The van der Waals surface area contributed by atoms with Crippen molar-refractivity contribution < 1.29 is 9.53 Å². The third kappa shape index (κ3) is 5.24. The van der Waals surface area contributed by atoms with Crippen molar-refractivity contribution in [1.82, 2.24) is 29.5 Å². The van der Waals surface area contributed by atoms with Crippen molar-refractivity contribution in [3.05, 3.63) is 94.9 Å². The highest BCUT2D eigenvalue weighted by Gasteiger charge is 2.38. The van der Waals surface area contributed by atoms with Crippen LogP contribution < -0.4 is 4.90 Å². The molecule has 1 amide bonds. The lowest BCUT2D eigenvalue weighted by molar-refractivity contribution is 0.0582. The number of amides is 1. The van der Waals surface area contributed by atoms with E-state index in [1.165, 1.54) is 0 Å². The first kappa shape index (κ1) is 28.8. The van der Waals surface area contributed by atoms with E-state index in [1.54, 1.807) is 15.6 Å². The molecule has 1 aliphatic heterocycles. The minimum atomic E-state index is -0.463. The number of hydrogen-bond donors (Lipinski definition) is 0. The summed E-state index contributed by atoms with van der Waals surface area (Å²) in [6.45, 7) is 2.83. The number of hydrogen-bond acceptors (Lipinski definition) is 8. The van der Waals surface area contributed by atoms with Gasteiger partial charge in [-0.25, -0.2) is 14.3 Å². The number of carbonyl (C=O) groups is 1. The van der Waals surface area contributed by atoms with E-state index in [-0.39, 0.29) is 24.4 Å². The molecule has 3 aromatic carbocycles. The van der Waals surface area contributed by atoms with Crippen molar-refractivity contribution in [2.45, 2.75) is 32.0 Å². The first-order chi connectivity index (χ1) is 21.9.